The Morgan fingerprint density at radius 2 is 2.06 bits per heavy atom. The van der Waals surface area contributed by atoms with Crippen LogP contribution in [0.2, 0.25) is 0 Å². The van der Waals surface area contributed by atoms with E-state index in [9.17, 15) is 0 Å². The van der Waals surface area contributed by atoms with Crippen LogP contribution in [-0.4, -0.2) is 0 Å². The van der Waals surface area contributed by atoms with E-state index in [4.69, 9.17) is 5.53 Å². The number of nitrogens with zero attached hydrogens (tertiary/aromatic N) is 3. The van der Waals surface area contributed by atoms with Gasteiger partial charge in [-0.3, -0.25) is 0 Å². The number of hydrogen-bond acceptors (Lipinski definition) is 1. The fraction of sp³-hybridized carbons (Fsp3) is 0.571. The molecule has 0 aliphatic heterocycles. The Bertz CT molecular complexity index is 473. The minimum absolute atomic E-state index is 0.245. The zero-order valence-corrected chi connectivity index (χ0v) is 10.1. The van der Waals surface area contributed by atoms with Gasteiger partial charge in [0, 0.05) is 4.91 Å². The predicted octanol–water partition coefficient (Wildman–Crippen LogP) is 4.32. The summed E-state index contributed by atoms with van der Waals surface area (Å²) in [4.78, 5) is 3.13. The monoisotopic (exact) mass is 227 g/mol. The van der Waals surface area contributed by atoms with Gasteiger partial charge in [0.2, 0.25) is 0 Å². The fourth-order valence-corrected chi connectivity index (χ4v) is 3.76. The molecular formula is C14H17N3. The van der Waals surface area contributed by atoms with E-state index in [0.29, 0.717) is 5.92 Å². The summed E-state index contributed by atoms with van der Waals surface area (Å²) < 4.78 is 0. The van der Waals surface area contributed by atoms with Gasteiger partial charge >= 0.3 is 0 Å². The summed E-state index contributed by atoms with van der Waals surface area (Å²) in [5.74, 6) is 1.33. The second kappa shape index (κ2) is 3.78. The van der Waals surface area contributed by atoms with Gasteiger partial charge in [-0.25, -0.2) is 0 Å². The Morgan fingerprint density at radius 1 is 1.29 bits per heavy atom. The molecule has 2 fully saturated rings. The molecule has 2 aliphatic carbocycles. The summed E-state index contributed by atoms with van der Waals surface area (Å²) in [6.45, 7) is 2.09. The fourth-order valence-electron chi connectivity index (χ4n) is 3.76. The molecular weight excluding hydrogens is 210 g/mol. The van der Waals surface area contributed by atoms with Gasteiger partial charge in [-0.05, 0) is 49.1 Å². The van der Waals surface area contributed by atoms with Crippen LogP contribution in [0.5, 0.6) is 0 Å². The molecule has 0 aromatic heterocycles. The van der Waals surface area contributed by atoms with Crippen LogP contribution in [0.3, 0.4) is 0 Å². The van der Waals surface area contributed by atoms with Gasteiger partial charge in [0.1, 0.15) is 0 Å². The van der Waals surface area contributed by atoms with Crippen molar-refractivity contribution in [3.63, 3.8) is 0 Å². The van der Waals surface area contributed by atoms with Crippen LogP contribution in [-0.2, 0) is 5.54 Å². The molecule has 3 rings (SSSR count). The first-order valence-electron chi connectivity index (χ1n) is 6.38. The largest absolute Gasteiger partial charge is 0.0822 e. The number of benzene rings is 1. The first kappa shape index (κ1) is 10.7. The Kier molecular flexibility index (Phi) is 2.37. The van der Waals surface area contributed by atoms with Crippen molar-refractivity contribution in [3.05, 3.63) is 45.8 Å². The summed E-state index contributed by atoms with van der Waals surface area (Å²) in [6, 6.07) is 8.53. The molecule has 3 heteroatoms. The molecule has 17 heavy (non-hydrogen) atoms. The maximum absolute atomic E-state index is 8.89. The lowest BCUT2D eigenvalue weighted by molar-refractivity contribution is 0.276. The van der Waals surface area contributed by atoms with Crippen LogP contribution in [0.4, 0.5) is 0 Å². The maximum Gasteiger partial charge on any atom is 0.0768 e. The van der Waals surface area contributed by atoms with Crippen LogP contribution < -0.4 is 0 Å². The molecule has 1 aromatic rings. The lowest BCUT2D eigenvalue weighted by Crippen LogP contribution is -2.29. The topological polar surface area (TPSA) is 48.8 Å². The van der Waals surface area contributed by atoms with E-state index in [-0.39, 0.29) is 5.54 Å². The van der Waals surface area contributed by atoms with Crippen molar-refractivity contribution in [1.29, 1.82) is 0 Å². The highest BCUT2D eigenvalue weighted by atomic mass is 15.2. The highest BCUT2D eigenvalue weighted by Gasteiger charge is 2.51. The average molecular weight is 227 g/mol. The number of rotatable bonds is 2. The predicted molar refractivity (Wildman–Crippen MR) is 67.5 cm³/mol. The van der Waals surface area contributed by atoms with E-state index >= 15 is 0 Å². The van der Waals surface area contributed by atoms with Crippen molar-refractivity contribution >= 4 is 0 Å². The molecule has 0 spiro atoms. The van der Waals surface area contributed by atoms with Crippen LogP contribution in [0, 0.1) is 18.8 Å². The van der Waals surface area contributed by atoms with Gasteiger partial charge in [-0.1, -0.05) is 41.4 Å². The van der Waals surface area contributed by atoms with E-state index in [1.165, 1.54) is 30.4 Å². The van der Waals surface area contributed by atoms with Crippen molar-refractivity contribution in [1.82, 2.24) is 0 Å². The third-order valence-electron chi connectivity index (χ3n) is 4.59. The van der Waals surface area contributed by atoms with E-state index in [0.717, 1.165) is 12.3 Å². The summed E-state index contributed by atoms with van der Waals surface area (Å²) in [5, 5.41) is 4.22. The van der Waals surface area contributed by atoms with Crippen LogP contribution in [0.25, 0.3) is 10.4 Å². The second-order valence-electron chi connectivity index (χ2n) is 5.56. The van der Waals surface area contributed by atoms with Crippen molar-refractivity contribution in [2.24, 2.45) is 17.0 Å². The number of fused-ring (bicyclic) bond motifs is 2. The van der Waals surface area contributed by atoms with Gasteiger partial charge in [-0.2, -0.15) is 0 Å². The van der Waals surface area contributed by atoms with Crippen LogP contribution in [0.15, 0.2) is 29.4 Å². The smallest absolute Gasteiger partial charge is 0.0768 e. The number of azide groups is 1. The molecule has 0 radical (unpaired) electrons. The molecule has 0 saturated heterocycles. The molecule has 3 atom stereocenters. The lowest BCUT2D eigenvalue weighted by atomic mass is 9.76. The molecule has 0 amide bonds. The SMILES string of the molecule is Cc1ccc(C2(N=[N+]=[N-])CC3CCC2C3)cc1. The van der Waals surface area contributed by atoms with Crippen molar-refractivity contribution in [3.8, 4) is 0 Å². The minimum Gasteiger partial charge on any atom is -0.0822 e. The Balaban J connectivity index is 2.06. The molecule has 2 saturated carbocycles. The van der Waals surface area contributed by atoms with Crippen molar-refractivity contribution in [2.45, 2.75) is 38.1 Å². The standard InChI is InChI=1S/C14H17N3/c1-10-2-5-12(6-3-10)14(16-17-15)9-11-4-7-13(14)8-11/h2-3,5-6,11,13H,4,7-9H2,1H3. The second-order valence-corrected chi connectivity index (χ2v) is 5.56. The molecule has 88 valence electrons. The van der Waals surface area contributed by atoms with E-state index in [1.54, 1.807) is 0 Å². The highest BCUT2D eigenvalue weighted by molar-refractivity contribution is 5.31. The number of aryl methyl sites for hydroxylation is 1. The Labute approximate surface area is 101 Å². The third-order valence-corrected chi connectivity index (χ3v) is 4.59. The van der Waals surface area contributed by atoms with E-state index in [2.05, 4.69) is 41.2 Å². The summed E-state index contributed by atoms with van der Waals surface area (Å²) in [7, 11) is 0. The van der Waals surface area contributed by atoms with Gasteiger partial charge in [0.15, 0.2) is 0 Å². The Morgan fingerprint density at radius 3 is 2.59 bits per heavy atom. The Hall–Kier alpha value is -1.47. The van der Waals surface area contributed by atoms with Gasteiger partial charge in [0.25, 0.3) is 0 Å². The van der Waals surface area contributed by atoms with Gasteiger partial charge < -0.3 is 0 Å². The molecule has 1 aromatic carbocycles. The summed E-state index contributed by atoms with van der Waals surface area (Å²) in [5.41, 5.74) is 11.1. The minimum atomic E-state index is -0.245. The maximum atomic E-state index is 8.89. The first-order valence-corrected chi connectivity index (χ1v) is 6.38. The van der Waals surface area contributed by atoms with E-state index in [1.807, 2.05) is 0 Å². The zero-order chi connectivity index (χ0) is 11.9. The molecule has 2 bridgehead atoms. The summed E-state index contributed by atoms with van der Waals surface area (Å²) >= 11 is 0. The molecule has 0 N–H and O–H groups in total. The molecule has 3 nitrogen and oxygen atoms in total. The third kappa shape index (κ3) is 1.54. The first-order chi connectivity index (χ1) is 8.24. The van der Waals surface area contributed by atoms with Crippen molar-refractivity contribution in [2.75, 3.05) is 0 Å². The van der Waals surface area contributed by atoms with Gasteiger partial charge in [0.05, 0.1) is 5.54 Å². The highest BCUT2D eigenvalue weighted by Crippen LogP contribution is 2.57. The average Bonchev–Trinajstić information content (AvgIpc) is 2.91. The quantitative estimate of drug-likeness (QED) is 0.410. The molecule has 0 heterocycles. The molecule has 2 aliphatic rings. The van der Waals surface area contributed by atoms with Gasteiger partial charge in [-0.15, -0.1) is 0 Å². The lowest BCUT2D eigenvalue weighted by Gasteiger charge is -2.33. The van der Waals surface area contributed by atoms with E-state index < -0.39 is 0 Å². The zero-order valence-electron chi connectivity index (χ0n) is 10.1. The number of hydrogen-bond donors (Lipinski definition) is 0. The normalized spacial score (nSPS) is 34.6. The molecule has 3 unspecified atom stereocenters. The van der Waals surface area contributed by atoms with Crippen LogP contribution in [0.1, 0.15) is 36.8 Å². The van der Waals surface area contributed by atoms with Crippen LogP contribution >= 0.6 is 0 Å². The van der Waals surface area contributed by atoms with Crippen molar-refractivity contribution < 1.29 is 0 Å². The summed E-state index contributed by atoms with van der Waals surface area (Å²) in [6.07, 6.45) is 4.83.